The first-order valence-electron chi connectivity index (χ1n) is 11.7. The van der Waals surface area contributed by atoms with Crippen LogP contribution in [0.2, 0.25) is 0 Å². The predicted octanol–water partition coefficient (Wildman–Crippen LogP) is 4.93. The van der Waals surface area contributed by atoms with Crippen LogP contribution in [0.25, 0.3) is 10.9 Å². The van der Waals surface area contributed by atoms with Crippen LogP contribution in [-0.4, -0.2) is 25.4 Å². The Labute approximate surface area is 213 Å². The summed E-state index contributed by atoms with van der Waals surface area (Å²) < 4.78 is 1.30. The number of hydrogen-bond donors (Lipinski definition) is 3. The highest BCUT2D eigenvalue weighted by molar-refractivity contribution is 5.91. The molecule has 5 aromatic rings. The van der Waals surface area contributed by atoms with Crippen molar-refractivity contribution in [3.63, 3.8) is 0 Å². The van der Waals surface area contributed by atoms with Gasteiger partial charge in [0, 0.05) is 28.8 Å². The van der Waals surface area contributed by atoms with E-state index in [0.29, 0.717) is 28.4 Å². The van der Waals surface area contributed by atoms with Crippen molar-refractivity contribution in [1.82, 2.24) is 19.5 Å². The summed E-state index contributed by atoms with van der Waals surface area (Å²) in [6.45, 7) is 3.81. The van der Waals surface area contributed by atoms with Crippen LogP contribution in [-0.2, 0) is 11.3 Å². The summed E-state index contributed by atoms with van der Waals surface area (Å²) in [5, 5.41) is 9.78. The second-order valence-corrected chi connectivity index (χ2v) is 8.65. The van der Waals surface area contributed by atoms with Crippen LogP contribution in [0.15, 0.2) is 90.0 Å². The Balaban J connectivity index is 1.23. The number of carbonyl (C=O) groups is 1. The van der Waals surface area contributed by atoms with Crippen molar-refractivity contribution in [2.45, 2.75) is 20.4 Å². The minimum Gasteiger partial charge on any atom is -0.340 e. The van der Waals surface area contributed by atoms with Gasteiger partial charge in [0.25, 0.3) is 5.56 Å². The first-order chi connectivity index (χ1) is 17.9. The van der Waals surface area contributed by atoms with Crippen molar-refractivity contribution in [2.24, 2.45) is 0 Å². The van der Waals surface area contributed by atoms with Gasteiger partial charge >= 0.3 is 0 Å². The highest BCUT2D eigenvalue weighted by Gasteiger charge is 2.09. The Morgan fingerprint density at radius 1 is 0.838 bits per heavy atom. The minimum absolute atomic E-state index is 0.134. The van der Waals surface area contributed by atoms with Gasteiger partial charge in [0.2, 0.25) is 11.9 Å². The Kier molecular flexibility index (Phi) is 6.58. The minimum atomic E-state index is -0.325. The summed E-state index contributed by atoms with van der Waals surface area (Å²) in [5.41, 5.74) is 4.65. The molecule has 37 heavy (non-hydrogen) atoms. The summed E-state index contributed by atoms with van der Waals surface area (Å²) in [4.78, 5) is 38.4. The molecule has 0 bridgehead atoms. The molecule has 1 amide bonds. The standard InChI is InChI=1S/C28H25N7O2/c1-18-7-9-20(10-8-18)31-25-15-19(2)30-28(34-25)33-22-13-11-21(12-14-22)32-26(36)16-35-17-29-24-6-4-3-5-23(24)27(35)37/h3-15,17H,16H2,1-2H3,(H,32,36)(H2,30,31,33,34). The second kappa shape index (κ2) is 10.3. The molecular formula is C28H25N7O2. The Hall–Kier alpha value is -5.05. The normalized spacial score (nSPS) is 10.8. The van der Waals surface area contributed by atoms with Gasteiger partial charge in [0.15, 0.2) is 0 Å². The third kappa shape index (κ3) is 5.79. The van der Waals surface area contributed by atoms with Crippen LogP contribution in [0.3, 0.4) is 0 Å². The summed E-state index contributed by atoms with van der Waals surface area (Å²) in [6.07, 6.45) is 1.39. The fraction of sp³-hybridized carbons (Fsp3) is 0.107. The van der Waals surface area contributed by atoms with Gasteiger partial charge in [-0.3, -0.25) is 14.2 Å². The molecule has 9 heteroatoms. The molecule has 0 saturated heterocycles. The average Bonchev–Trinajstić information content (AvgIpc) is 2.88. The number of para-hydroxylation sites is 1. The number of nitrogens with zero attached hydrogens (tertiary/aromatic N) is 4. The number of hydrogen-bond acceptors (Lipinski definition) is 7. The smallest absolute Gasteiger partial charge is 0.261 e. The van der Waals surface area contributed by atoms with E-state index < -0.39 is 0 Å². The molecule has 0 unspecified atom stereocenters. The van der Waals surface area contributed by atoms with E-state index in [-0.39, 0.29) is 18.0 Å². The number of fused-ring (bicyclic) bond motifs is 1. The maximum atomic E-state index is 12.6. The van der Waals surface area contributed by atoms with E-state index in [0.717, 1.165) is 17.1 Å². The van der Waals surface area contributed by atoms with Crippen molar-refractivity contribution in [3.05, 3.63) is 107 Å². The SMILES string of the molecule is Cc1ccc(Nc2cc(C)nc(Nc3ccc(NC(=O)Cn4cnc5ccccc5c4=O)cc3)n2)cc1. The van der Waals surface area contributed by atoms with E-state index in [1.165, 1.54) is 16.5 Å². The van der Waals surface area contributed by atoms with Gasteiger partial charge < -0.3 is 16.0 Å². The molecule has 0 spiro atoms. The van der Waals surface area contributed by atoms with Gasteiger partial charge in [-0.1, -0.05) is 29.8 Å². The summed E-state index contributed by atoms with van der Waals surface area (Å²) in [6, 6.07) is 24.2. The number of amides is 1. The van der Waals surface area contributed by atoms with Crippen LogP contribution in [0.4, 0.5) is 28.8 Å². The molecule has 0 aliphatic carbocycles. The molecule has 0 saturated carbocycles. The van der Waals surface area contributed by atoms with Gasteiger partial charge in [-0.25, -0.2) is 9.97 Å². The highest BCUT2D eigenvalue weighted by Crippen LogP contribution is 2.21. The molecule has 2 aromatic heterocycles. The van der Waals surface area contributed by atoms with Crippen molar-refractivity contribution in [2.75, 3.05) is 16.0 Å². The summed E-state index contributed by atoms with van der Waals surface area (Å²) in [5.74, 6) is 0.810. The first kappa shape index (κ1) is 23.7. The van der Waals surface area contributed by atoms with Crippen LogP contribution >= 0.6 is 0 Å². The second-order valence-electron chi connectivity index (χ2n) is 8.65. The lowest BCUT2D eigenvalue weighted by atomic mass is 10.2. The zero-order valence-corrected chi connectivity index (χ0v) is 20.4. The fourth-order valence-corrected chi connectivity index (χ4v) is 3.81. The molecule has 2 heterocycles. The lowest BCUT2D eigenvalue weighted by Gasteiger charge is -2.11. The maximum absolute atomic E-state index is 12.6. The molecule has 184 valence electrons. The number of aryl methyl sites for hydroxylation is 2. The molecule has 9 nitrogen and oxygen atoms in total. The maximum Gasteiger partial charge on any atom is 0.261 e. The predicted molar refractivity (Wildman–Crippen MR) is 146 cm³/mol. The van der Waals surface area contributed by atoms with Gasteiger partial charge in [-0.15, -0.1) is 0 Å². The monoisotopic (exact) mass is 491 g/mol. The lowest BCUT2D eigenvalue weighted by Crippen LogP contribution is -2.27. The van der Waals surface area contributed by atoms with E-state index >= 15 is 0 Å². The number of benzene rings is 3. The van der Waals surface area contributed by atoms with Gasteiger partial charge in [0.1, 0.15) is 12.4 Å². The van der Waals surface area contributed by atoms with E-state index in [9.17, 15) is 9.59 Å². The number of anilines is 5. The van der Waals surface area contributed by atoms with Crippen molar-refractivity contribution < 1.29 is 4.79 Å². The molecule has 0 radical (unpaired) electrons. The molecular weight excluding hydrogens is 466 g/mol. The Morgan fingerprint density at radius 3 is 2.30 bits per heavy atom. The van der Waals surface area contributed by atoms with Crippen molar-refractivity contribution in [1.29, 1.82) is 0 Å². The van der Waals surface area contributed by atoms with E-state index in [4.69, 9.17) is 0 Å². The quantitative estimate of drug-likeness (QED) is 0.296. The Bertz CT molecular complexity index is 1630. The zero-order valence-electron chi connectivity index (χ0n) is 20.4. The first-order valence-corrected chi connectivity index (χ1v) is 11.7. The largest absolute Gasteiger partial charge is 0.340 e. The molecule has 0 fully saturated rings. The van der Waals surface area contributed by atoms with Crippen molar-refractivity contribution in [3.8, 4) is 0 Å². The van der Waals surface area contributed by atoms with Gasteiger partial charge in [-0.2, -0.15) is 4.98 Å². The third-order valence-corrected chi connectivity index (χ3v) is 5.65. The zero-order chi connectivity index (χ0) is 25.8. The molecule has 3 N–H and O–H groups in total. The fourth-order valence-electron chi connectivity index (χ4n) is 3.81. The summed E-state index contributed by atoms with van der Waals surface area (Å²) >= 11 is 0. The van der Waals surface area contributed by atoms with Crippen LogP contribution in [0, 0.1) is 13.8 Å². The van der Waals surface area contributed by atoms with E-state index in [1.54, 1.807) is 30.3 Å². The van der Waals surface area contributed by atoms with Gasteiger partial charge in [0.05, 0.1) is 17.2 Å². The Morgan fingerprint density at radius 2 is 1.51 bits per heavy atom. The average molecular weight is 492 g/mol. The van der Waals surface area contributed by atoms with Crippen LogP contribution < -0.4 is 21.5 Å². The number of aromatic nitrogens is 4. The molecule has 0 atom stereocenters. The number of rotatable bonds is 7. The summed E-state index contributed by atoms with van der Waals surface area (Å²) in [7, 11) is 0. The number of nitrogens with one attached hydrogen (secondary N) is 3. The van der Waals surface area contributed by atoms with E-state index in [1.807, 2.05) is 62.4 Å². The molecule has 3 aromatic carbocycles. The lowest BCUT2D eigenvalue weighted by molar-refractivity contribution is -0.116. The van der Waals surface area contributed by atoms with Crippen LogP contribution in [0.5, 0.6) is 0 Å². The topological polar surface area (TPSA) is 114 Å². The molecule has 0 aliphatic rings. The third-order valence-electron chi connectivity index (χ3n) is 5.65. The van der Waals surface area contributed by atoms with Crippen LogP contribution in [0.1, 0.15) is 11.3 Å². The molecule has 0 aliphatic heterocycles. The van der Waals surface area contributed by atoms with Crippen molar-refractivity contribution >= 4 is 45.6 Å². The number of carbonyl (C=O) groups excluding carboxylic acids is 1. The highest BCUT2D eigenvalue weighted by atomic mass is 16.2. The molecule has 5 rings (SSSR count). The van der Waals surface area contributed by atoms with Gasteiger partial charge in [-0.05, 0) is 62.4 Å². The van der Waals surface area contributed by atoms with E-state index in [2.05, 4.69) is 30.9 Å².